The van der Waals surface area contributed by atoms with Gasteiger partial charge in [0.05, 0.1) is 11.6 Å². The number of aromatic nitrogens is 3. The summed E-state index contributed by atoms with van der Waals surface area (Å²) in [5.41, 5.74) is 8.83. The number of furan rings is 1. The van der Waals surface area contributed by atoms with Crippen LogP contribution in [-0.2, 0) is 0 Å². The Hall–Kier alpha value is -6.90. The lowest BCUT2D eigenvalue weighted by molar-refractivity contribution is 0.669. The molecular weight excluding hydrogens is 601 g/mol. The Morgan fingerprint density at radius 2 is 1.06 bits per heavy atom. The van der Waals surface area contributed by atoms with Crippen molar-refractivity contribution in [3.63, 3.8) is 0 Å². The van der Waals surface area contributed by atoms with Crippen molar-refractivity contribution in [2.24, 2.45) is 0 Å². The number of rotatable bonds is 5. The van der Waals surface area contributed by atoms with E-state index >= 15 is 0 Å². The van der Waals surface area contributed by atoms with Gasteiger partial charge < -0.3 is 4.42 Å². The predicted octanol–water partition coefficient (Wildman–Crippen LogP) is 11.1. The summed E-state index contributed by atoms with van der Waals surface area (Å²) in [6, 6.07) is 55.1. The fourth-order valence-electron chi connectivity index (χ4n) is 6.66. The molecule has 0 N–H and O–H groups in total. The zero-order chi connectivity index (χ0) is 32.7. The number of hydrogen-bond acceptors (Lipinski definition) is 5. The number of nitriles is 1. The molecule has 7 aromatic carbocycles. The van der Waals surface area contributed by atoms with Gasteiger partial charge in [-0.1, -0.05) is 127 Å². The first-order valence-corrected chi connectivity index (χ1v) is 16.1. The van der Waals surface area contributed by atoms with Crippen LogP contribution in [0.15, 0.2) is 162 Å². The first-order valence-electron chi connectivity index (χ1n) is 16.1. The molecule has 2 aromatic heterocycles. The Labute approximate surface area is 282 Å². The van der Waals surface area contributed by atoms with Gasteiger partial charge >= 0.3 is 0 Å². The summed E-state index contributed by atoms with van der Waals surface area (Å²) in [4.78, 5) is 15.2. The molecule has 5 nitrogen and oxygen atoms in total. The standard InChI is InChI=1S/C44H26N4O/c45-27-33-14-5-6-18-34(33)30-16-8-17-31(25-30)42-46-43(48-44(47-42)37-21-9-15-28-13-4-7-19-35(28)37)32-23-24-38-40(26-32)49-39-22-10-20-36(41(38)39)29-11-2-1-3-12-29/h1-26H. The van der Waals surface area contributed by atoms with Crippen LogP contribution in [-0.4, -0.2) is 15.0 Å². The van der Waals surface area contributed by atoms with Crippen LogP contribution in [0.1, 0.15) is 5.56 Å². The highest BCUT2D eigenvalue weighted by atomic mass is 16.3. The van der Waals surface area contributed by atoms with E-state index in [1.807, 2.05) is 91.0 Å². The van der Waals surface area contributed by atoms with Gasteiger partial charge in [-0.3, -0.25) is 0 Å². The number of benzene rings is 7. The zero-order valence-electron chi connectivity index (χ0n) is 26.2. The Balaban J connectivity index is 1.24. The van der Waals surface area contributed by atoms with Gasteiger partial charge in [0.2, 0.25) is 0 Å². The fraction of sp³-hybridized carbons (Fsp3) is 0. The lowest BCUT2D eigenvalue weighted by Crippen LogP contribution is -2.00. The van der Waals surface area contributed by atoms with E-state index < -0.39 is 0 Å². The summed E-state index contributed by atoms with van der Waals surface area (Å²) in [7, 11) is 0. The van der Waals surface area contributed by atoms with Gasteiger partial charge in [-0.05, 0) is 63.4 Å². The summed E-state index contributed by atoms with van der Waals surface area (Å²) >= 11 is 0. The molecule has 0 aliphatic heterocycles. The molecule has 228 valence electrons. The van der Waals surface area contributed by atoms with Gasteiger partial charge in [0.1, 0.15) is 11.2 Å². The van der Waals surface area contributed by atoms with Crippen molar-refractivity contribution in [3.05, 3.63) is 163 Å². The minimum absolute atomic E-state index is 0.542. The van der Waals surface area contributed by atoms with E-state index in [-0.39, 0.29) is 0 Å². The van der Waals surface area contributed by atoms with Crippen molar-refractivity contribution in [1.82, 2.24) is 15.0 Å². The first-order chi connectivity index (χ1) is 24.2. The first kappa shape index (κ1) is 28.3. The molecule has 0 amide bonds. The van der Waals surface area contributed by atoms with E-state index in [2.05, 4.69) is 72.8 Å². The second-order valence-electron chi connectivity index (χ2n) is 11.9. The van der Waals surface area contributed by atoms with Crippen LogP contribution >= 0.6 is 0 Å². The highest BCUT2D eigenvalue weighted by Crippen LogP contribution is 2.38. The minimum atomic E-state index is 0.542. The zero-order valence-corrected chi connectivity index (χ0v) is 26.2. The van der Waals surface area contributed by atoms with Crippen LogP contribution in [0.3, 0.4) is 0 Å². The molecule has 0 saturated heterocycles. The SMILES string of the molecule is N#Cc1ccccc1-c1cccc(-c2nc(-c3ccc4c(c3)oc3cccc(-c5ccccc5)c34)nc(-c3cccc4ccccc34)n2)c1. The van der Waals surface area contributed by atoms with Crippen LogP contribution in [0.25, 0.3) is 89.1 Å². The van der Waals surface area contributed by atoms with Crippen molar-refractivity contribution in [2.75, 3.05) is 0 Å². The van der Waals surface area contributed by atoms with E-state index in [0.29, 0.717) is 23.0 Å². The molecule has 0 radical (unpaired) electrons. The third-order valence-electron chi connectivity index (χ3n) is 8.99. The average molecular weight is 627 g/mol. The Bertz CT molecular complexity index is 2740. The van der Waals surface area contributed by atoms with Crippen LogP contribution in [0, 0.1) is 11.3 Å². The third kappa shape index (κ3) is 5.00. The third-order valence-corrected chi connectivity index (χ3v) is 8.99. The second-order valence-corrected chi connectivity index (χ2v) is 11.9. The quantitative estimate of drug-likeness (QED) is 0.190. The Kier molecular flexibility index (Phi) is 6.78. The topological polar surface area (TPSA) is 75.6 Å². The molecule has 0 fully saturated rings. The summed E-state index contributed by atoms with van der Waals surface area (Å²) in [6.07, 6.45) is 0. The molecule has 0 aliphatic rings. The molecule has 5 heteroatoms. The minimum Gasteiger partial charge on any atom is -0.456 e. The Morgan fingerprint density at radius 3 is 1.94 bits per heavy atom. The highest BCUT2D eigenvalue weighted by molar-refractivity contribution is 6.13. The van der Waals surface area contributed by atoms with Crippen LogP contribution in [0.5, 0.6) is 0 Å². The van der Waals surface area contributed by atoms with Gasteiger partial charge in [0.15, 0.2) is 17.5 Å². The summed E-state index contributed by atoms with van der Waals surface area (Å²) in [5, 5.41) is 14.1. The van der Waals surface area contributed by atoms with Gasteiger partial charge in [-0.2, -0.15) is 5.26 Å². The molecule has 0 bridgehead atoms. The number of nitrogens with zero attached hydrogens (tertiary/aromatic N) is 4. The molecule has 0 saturated carbocycles. The molecule has 9 aromatic rings. The van der Waals surface area contributed by atoms with Crippen LogP contribution in [0.2, 0.25) is 0 Å². The highest BCUT2D eigenvalue weighted by Gasteiger charge is 2.18. The fourth-order valence-corrected chi connectivity index (χ4v) is 6.66. The smallest absolute Gasteiger partial charge is 0.164 e. The summed E-state index contributed by atoms with van der Waals surface area (Å²) < 4.78 is 6.45. The van der Waals surface area contributed by atoms with Gasteiger partial charge in [0.25, 0.3) is 0 Å². The van der Waals surface area contributed by atoms with E-state index in [0.717, 1.165) is 71.7 Å². The van der Waals surface area contributed by atoms with Crippen molar-refractivity contribution in [2.45, 2.75) is 0 Å². The van der Waals surface area contributed by atoms with E-state index in [9.17, 15) is 5.26 Å². The molecule has 49 heavy (non-hydrogen) atoms. The maximum Gasteiger partial charge on any atom is 0.164 e. The molecule has 0 atom stereocenters. The molecular formula is C44H26N4O. The molecule has 9 rings (SSSR count). The molecule has 0 unspecified atom stereocenters. The largest absolute Gasteiger partial charge is 0.456 e. The normalized spacial score (nSPS) is 11.2. The second kappa shape index (κ2) is 11.7. The predicted molar refractivity (Wildman–Crippen MR) is 197 cm³/mol. The van der Waals surface area contributed by atoms with E-state index in [1.165, 1.54) is 0 Å². The number of hydrogen-bond donors (Lipinski definition) is 0. The van der Waals surface area contributed by atoms with Gasteiger partial charge in [-0.25, -0.2) is 15.0 Å². The molecule has 0 aliphatic carbocycles. The lowest BCUT2D eigenvalue weighted by atomic mass is 9.98. The monoisotopic (exact) mass is 626 g/mol. The van der Waals surface area contributed by atoms with Crippen molar-refractivity contribution in [3.8, 4) is 62.5 Å². The summed E-state index contributed by atoms with van der Waals surface area (Å²) in [6.45, 7) is 0. The average Bonchev–Trinajstić information content (AvgIpc) is 3.56. The summed E-state index contributed by atoms with van der Waals surface area (Å²) in [5.74, 6) is 1.66. The maximum atomic E-state index is 9.78. The van der Waals surface area contributed by atoms with Crippen molar-refractivity contribution >= 4 is 32.7 Å². The van der Waals surface area contributed by atoms with Gasteiger partial charge in [0, 0.05) is 27.5 Å². The van der Waals surface area contributed by atoms with Crippen LogP contribution in [0.4, 0.5) is 0 Å². The molecule has 2 heterocycles. The van der Waals surface area contributed by atoms with Crippen molar-refractivity contribution in [1.29, 1.82) is 5.26 Å². The van der Waals surface area contributed by atoms with E-state index in [4.69, 9.17) is 19.4 Å². The molecule has 0 spiro atoms. The maximum absolute atomic E-state index is 9.78. The lowest BCUT2D eigenvalue weighted by Gasteiger charge is -2.11. The van der Waals surface area contributed by atoms with Gasteiger partial charge in [-0.15, -0.1) is 0 Å². The van der Waals surface area contributed by atoms with Crippen LogP contribution < -0.4 is 0 Å². The Morgan fingerprint density at radius 1 is 0.429 bits per heavy atom. The van der Waals surface area contributed by atoms with E-state index in [1.54, 1.807) is 0 Å². The number of fused-ring (bicyclic) bond motifs is 4. The van der Waals surface area contributed by atoms with Crippen molar-refractivity contribution < 1.29 is 4.42 Å².